The first kappa shape index (κ1) is 8.66. The van der Waals surface area contributed by atoms with Gasteiger partial charge in [0.05, 0.1) is 12.5 Å². The third kappa shape index (κ3) is 2.03. The first-order valence-corrected chi connectivity index (χ1v) is 3.43. The second-order valence-electron chi connectivity index (χ2n) is 2.46. The molecule has 0 aromatic carbocycles. The van der Waals surface area contributed by atoms with Gasteiger partial charge in [0, 0.05) is 0 Å². The van der Waals surface area contributed by atoms with Crippen molar-refractivity contribution in [3.8, 4) is 0 Å². The summed E-state index contributed by atoms with van der Waals surface area (Å²) in [6, 6.07) is -0.594. The number of amides is 1. The highest BCUT2D eigenvalue weighted by Gasteiger charge is 2.15. The van der Waals surface area contributed by atoms with Gasteiger partial charge in [0.1, 0.15) is 0 Å². The summed E-state index contributed by atoms with van der Waals surface area (Å²) in [6.45, 7) is 1.67. The molecule has 1 heterocycles. The number of hydrogen-bond acceptors (Lipinski definition) is 5. The van der Waals surface area contributed by atoms with Crippen LogP contribution >= 0.6 is 0 Å². The van der Waals surface area contributed by atoms with Crippen LogP contribution in [0.1, 0.15) is 24.2 Å². The lowest BCUT2D eigenvalue weighted by atomic mass is 10.2. The largest absolute Gasteiger partial charge is 0.370 e. The van der Waals surface area contributed by atoms with Crippen LogP contribution in [0.15, 0.2) is 4.52 Å². The normalized spacial score (nSPS) is 12.8. The summed E-state index contributed by atoms with van der Waals surface area (Å²) in [5.74, 6) is 0.245. The topological polar surface area (TPSA) is 108 Å². The van der Waals surface area contributed by atoms with E-state index in [-0.39, 0.29) is 12.3 Å². The van der Waals surface area contributed by atoms with Crippen LogP contribution in [-0.2, 0) is 4.79 Å². The fraction of sp³-hybridized carbons (Fsp3) is 0.500. The molecule has 0 spiro atoms. The first-order valence-electron chi connectivity index (χ1n) is 3.43. The zero-order chi connectivity index (χ0) is 9.14. The Balaban J connectivity index is 2.64. The minimum atomic E-state index is -0.594. The lowest BCUT2D eigenvalue weighted by Gasteiger charge is -2.01. The number of hydrogen-bond donors (Lipinski definition) is 2. The van der Waals surface area contributed by atoms with E-state index in [1.807, 2.05) is 0 Å². The van der Waals surface area contributed by atoms with Gasteiger partial charge in [-0.15, -0.1) is 0 Å². The molecule has 0 aliphatic rings. The van der Waals surface area contributed by atoms with Crippen molar-refractivity contribution in [1.82, 2.24) is 10.1 Å². The van der Waals surface area contributed by atoms with E-state index in [1.54, 1.807) is 6.92 Å². The molecule has 0 saturated heterocycles. The number of rotatable bonds is 3. The summed E-state index contributed by atoms with van der Waals surface area (Å²) in [4.78, 5) is 14.3. The molecule has 0 aliphatic heterocycles. The van der Waals surface area contributed by atoms with E-state index < -0.39 is 11.9 Å². The van der Waals surface area contributed by atoms with Crippen molar-refractivity contribution in [1.29, 1.82) is 0 Å². The average Bonchev–Trinajstić information content (AvgIpc) is 2.34. The summed E-state index contributed by atoms with van der Waals surface area (Å²) in [5, 5.41) is 3.53. The Hall–Kier alpha value is -1.43. The van der Waals surface area contributed by atoms with Crippen molar-refractivity contribution in [3.63, 3.8) is 0 Å². The Bertz CT molecular complexity index is 283. The van der Waals surface area contributed by atoms with E-state index in [0.717, 1.165) is 0 Å². The molecule has 1 rings (SSSR count). The van der Waals surface area contributed by atoms with E-state index in [9.17, 15) is 4.79 Å². The van der Waals surface area contributed by atoms with E-state index in [1.165, 1.54) is 0 Å². The van der Waals surface area contributed by atoms with Gasteiger partial charge in [-0.2, -0.15) is 4.98 Å². The fourth-order valence-corrected chi connectivity index (χ4v) is 0.768. The van der Waals surface area contributed by atoms with Crippen molar-refractivity contribution in [2.45, 2.75) is 19.4 Å². The smallest absolute Gasteiger partial charge is 0.244 e. The quantitative estimate of drug-likeness (QED) is 0.620. The van der Waals surface area contributed by atoms with E-state index in [4.69, 9.17) is 16.0 Å². The molecule has 0 radical (unpaired) electrons. The van der Waals surface area contributed by atoms with Gasteiger partial charge < -0.3 is 16.0 Å². The summed E-state index contributed by atoms with van der Waals surface area (Å²) < 4.78 is 4.73. The van der Waals surface area contributed by atoms with Crippen LogP contribution in [0.25, 0.3) is 0 Å². The molecule has 1 aromatic rings. The van der Waals surface area contributed by atoms with Crippen LogP contribution in [0, 0.1) is 6.92 Å². The van der Waals surface area contributed by atoms with Gasteiger partial charge in [0.25, 0.3) is 0 Å². The molecular formula is C6H10N4O2. The van der Waals surface area contributed by atoms with Crippen LogP contribution < -0.4 is 11.5 Å². The third-order valence-corrected chi connectivity index (χ3v) is 1.28. The Labute approximate surface area is 68.9 Å². The summed E-state index contributed by atoms with van der Waals surface area (Å²) >= 11 is 0. The Morgan fingerprint density at radius 2 is 2.42 bits per heavy atom. The predicted molar refractivity (Wildman–Crippen MR) is 39.8 cm³/mol. The Kier molecular flexibility index (Phi) is 2.39. The van der Waals surface area contributed by atoms with Gasteiger partial charge >= 0.3 is 0 Å². The molecule has 0 aliphatic carbocycles. The Morgan fingerprint density at radius 3 is 2.83 bits per heavy atom. The fourth-order valence-electron chi connectivity index (χ4n) is 0.768. The lowest BCUT2D eigenvalue weighted by Crippen LogP contribution is -2.20. The lowest BCUT2D eigenvalue weighted by molar-refractivity contribution is -0.118. The van der Waals surface area contributed by atoms with Gasteiger partial charge in [-0.05, 0) is 6.92 Å². The summed E-state index contributed by atoms with van der Waals surface area (Å²) in [5.41, 5.74) is 10.4. The zero-order valence-corrected chi connectivity index (χ0v) is 6.65. The highest BCUT2D eigenvalue weighted by atomic mass is 16.5. The number of nitrogens with two attached hydrogens (primary N) is 2. The van der Waals surface area contributed by atoms with Gasteiger partial charge in [-0.1, -0.05) is 5.16 Å². The molecule has 6 nitrogen and oxygen atoms in total. The van der Waals surface area contributed by atoms with Crippen molar-refractivity contribution in [2.75, 3.05) is 0 Å². The standard InChI is InChI=1S/C6H10N4O2/c1-3-9-6(12-10-3)4(7)2-5(8)11/h4H,2,7H2,1H3,(H2,8,11). The molecule has 0 fully saturated rings. The predicted octanol–water partition coefficient (Wildman–Crippen LogP) is -0.747. The molecule has 1 unspecified atom stereocenters. The minimum Gasteiger partial charge on any atom is -0.370 e. The van der Waals surface area contributed by atoms with Crippen molar-refractivity contribution in [2.24, 2.45) is 11.5 Å². The summed E-state index contributed by atoms with van der Waals surface area (Å²) in [6.07, 6.45) is 0.0155. The number of carbonyl (C=O) groups is 1. The second-order valence-corrected chi connectivity index (χ2v) is 2.46. The van der Waals surface area contributed by atoms with E-state index >= 15 is 0 Å². The van der Waals surface area contributed by atoms with Crippen LogP contribution in [0.4, 0.5) is 0 Å². The molecule has 1 atom stereocenters. The zero-order valence-electron chi connectivity index (χ0n) is 6.65. The molecular weight excluding hydrogens is 160 g/mol. The highest BCUT2D eigenvalue weighted by Crippen LogP contribution is 2.09. The number of nitrogens with zero attached hydrogens (tertiary/aromatic N) is 2. The molecule has 1 amide bonds. The van der Waals surface area contributed by atoms with Gasteiger partial charge in [-0.25, -0.2) is 0 Å². The monoisotopic (exact) mass is 170 g/mol. The highest BCUT2D eigenvalue weighted by molar-refractivity contribution is 5.74. The van der Waals surface area contributed by atoms with Crippen molar-refractivity contribution < 1.29 is 9.32 Å². The average molecular weight is 170 g/mol. The second kappa shape index (κ2) is 3.31. The minimum absolute atomic E-state index is 0.0155. The van der Waals surface area contributed by atoms with Crippen molar-refractivity contribution in [3.05, 3.63) is 11.7 Å². The van der Waals surface area contributed by atoms with E-state index in [2.05, 4.69) is 10.1 Å². The molecule has 0 saturated carbocycles. The third-order valence-electron chi connectivity index (χ3n) is 1.28. The number of aromatic nitrogens is 2. The summed E-state index contributed by atoms with van der Waals surface area (Å²) in [7, 11) is 0. The maximum Gasteiger partial charge on any atom is 0.244 e. The van der Waals surface area contributed by atoms with Gasteiger partial charge in [0.15, 0.2) is 5.82 Å². The van der Waals surface area contributed by atoms with Crippen LogP contribution in [-0.4, -0.2) is 16.0 Å². The van der Waals surface area contributed by atoms with Gasteiger partial charge in [-0.3, -0.25) is 4.79 Å². The number of aryl methyl sites for hydroxylation is 1. The molecule has 12 heavy (non-hydrogen) atoms. The maximum atomic E-state index is 10.4. The number of carbonyl (C=O) groups excluding carboxylic acids is 1. The maximum absolute atomic E-state index is 10.4. The molecule has 66 valence electrons. The Morgan fingerprint density at radius 1 is 1.75 bits per heavy atom. The van der Waals surface area contributed by atoms with Crippen LogP contribution in [0.3, 0.4) is 0 Å². The van der Waals surface area contributed by atoms with Gasteiger partial charge in [0.2, 0.25) is 11.8 Å². The van der Waals surface area contributed by atoms with Crippen LogP contribution in [0.5, 0.6) is 0 Å². The molecule has 4 N–H and O–H groups in total. The van der Waals surface area contributed by atoms with E-state index in [0.29, 0.717) is 5.82 Å². The first-order chi connectivity index (χ1) is 5.59. The SMILES string of the molecule is Cc1noc(C(N)CC(N)=O)n1. The molecule has 1 aromatic heterocycles. The number of primary amides is 1. The van der Waals surface area contributed by atoms with Crippen LogP contribution in [0.2, 0.25) is 0 Å². The van der Waals surface area contributed by atoms with Crippen molar-refractivity contribution >= 4 is 5.91 Å². The molecule has 0 bridgehead atoms. The molecule has 6 heteroatoms.